The molecular weight excluding hydrogens is 232 g/mol. The van der Waals surface area contributed by atoms with Gasteiger partial charge in [-0.3, -0.25) is 0 Å². The van der Waals surface area contributed by atoms with E-state index in [0.29, 0.717) is 13.2 Å². The van der Waals surface area contributed by atoms with Crippen LogP contribution in [0.15, 0.2) is 24.3 Å². The molecule has 0 radical (unpaired) electrons. The molecule has 0 unspecified atom stereocenters. The predicted molar refractivity (Wildman–Crippen MR) is 70.9 cm³/mol. The summed E-state index contributed by atoms with van der Waals surface area (Å²) in [6, 6.07) is 7.73. The zero-order chi connectivity index (χ0) is 12.3. The summed E-state index contributed by atoms with van der Waals surface area (Å²) in [4.78, 5) is 5.69. The van der Waals surface area contributed by atoms with Crippen molar-refractivity contribution in [2.24, 2.45) is 0 Å². The minimum absolute atomic E-state index is 0.573. The molecular formula is C13H16N2OS. The topological polar surface area (TPSA) is 48.1 Å². The van der Waals surface area contributed by atoms with Crippen LogP contribution in [0.3, 0.4) is 0 Å². The molecule has 0 aliphatic heterocycles. The van der Waals surface area contributed by atoms with Crippen molar-refractivity contribution in [3.63, 3.8) is 0 Å². The molecule has 1 aromatic carbocycles. The van der Waals surface area contributed by atoms with Crippen molar-refractivity contribution in [3.8, 4) is 0 Å². The molecule has 0 fully saturated rings. The summed E-state index contributed by atoms with van der Waals surface area (Å²) in [7, 11) is 0. The van der Waals surface area contributed by atoms with Crippen LogP contribution in [0.2, 0.25) is 0 Å². The van der Waals surface area contributed by atoms with Crippen molar-refractivity contribution in [2.75, 3.05) is 5.73 Å². The quantitative estimate of drug-likeness (QED) is 0.846. The molecule has 0 bridgehead atoms. The zero-order valence-corrected chi connectivity index (χ0v) is 10.9. The molecule has 2 rings (SSSR count). The van der Waals surface area contributed by atoms with Gasteiger partial charge >= 0.3 is 0 Å². The lowest BCUT2D eigenvalue weighted by atomic mass is 10.2. The maximum atomic E-state index is 5.62. The van der Waals surface area contributed by atoms with E-state index in [1.54, 1.807) is 11.3 Å². The second-order valence-electron chi connectivity index (χ2n) is 3.98. The number of benzene rings is 1. The van der Waals surface area contributed by atoms with Gasteiger partial charge in [-0.25, -0.2) is 4.98 Å². The van der Waals surface area contributed by atoms with Gasteiger partial charge < -0.3 is 10.5 Å². The first kappa shape index (κ1) is 12.1. The number of aryl methyl sites for hydroxylation is 2. The van der Waals surface area contributed by atoms with Crippen molar-refractivity contribution < 1.29 is 4.74 Å². The Kier molecular flexibility index (Phi) is 3.76. The third-order valence-corrected chi connectivity index (χ3v) is 3.59. The lowest BCUT2D eigenvalue weighted by molar-refractivity contribution is 0.107. The van der Waals surface area contributed by atoms with Crippen LogP contribution >= 0.6 is 11.3 Å². The number of nitrogens with zero attached hydrogens (tertiary/aromatic N) is 1. The van der Waals surface area contributed by atoms with E-state index in [1.807, 2.05) is 31.2 Å². The highest BCUT2D eigenvalue weighted by molar-refractivity contribution is 7.11. The number of nitrogen functional groups attached to an aromatic ring is 1. The first-order valence-corrected chi connectivity index (χ1v) is 6.32. The van der Waals surface area contributed by atoms with E-state index < -0.39 is 0 Å². The second kappa shape index (κ2) is 5.29. The van der Waals surface area contributed by atoms with E-state index >= 15 is 0 Å². The molecule has 2 N–H and O–H groups in total. The minimum Gasteiger partial charge on any atom is -0.399 e. The van der Waals surface area contributed by atoms with Gasteiger partial charge in [-0.15, -0.1) is 11.3 Å². The average Bonchev–Trinajstić information content (AvgIpc) is 2.61. The van der Waals surface area contributed by atoms with E-state index in [0.717, 1.165) is 22.0 Å². The van der Waals surface area contributed by atoms with Crippen LogP contribution in [0.1, 0.15) is 21.1 Å². The third-order valence-electron chi connectivity index (χ3n) is 2.55. The standard InChI is InChI=1S/C13H16N2OS/c1-9-10(2)17-13(15-9)8-16-7-11-3-5-12(14)6-4-11/h3-6H,7-8,14H2,1-2H3. The minimum atomic E-state index is 0.573. The van der Waals surface area contributed by atoms with Crippen LogP contribution in [0, 0.1) is 13.8 Å². The van der Waals surface area contributed by atoms with E-state index in [-0.39, 0.29) is 0 Å². The zero-order valence-electron chi connectivity index (χ0n) is 10.1. The van der Waals surface area contributed by atoms with Gasteiger partial charge in [0.05, 0.1) is 18.9 Å². The molecule has 0 amide bonds. The molecule has 0 saturated heterocycles. The summed E-state index contributed by atoms with van der Waals surface area (Å²) in [5, 5.41) is 1.04. The number of ether oxygens (including phenoxy) is 1. The number of hydrogen-bond acceptors (Lipinski definition) is 4. The average molecular weight is 248 g/mol. The van der Waals surface area contributed by atoms with E-state index in [9.17, 15) is 0 Å². The van der Waals surface area contributed by atoms with Gasteiger partial charge in [-0.2, -0.15) is 0 Å². The van der Waals surface area contributed by atoms with Gasteiger partial charge in [-0.05, 0) is 31.5 Å². The Balaban J connectivity index is 1.85. The molecule has 4 heteroatoms. The molecule has 1 heterocycles. The summed E-state index contributed by atoms with van der Waals surface area (Å²) in [5.74, 6) is 0. The van der Waals surface area contributed by atoms with Gasteiger partial charge in [0.1, 0.15) is 5.01 Å². The molecule has 0 saturated carbocycles. The first-order chi connectivity index (χ1) is 8.15. The lowest BCUT2D eigenvalue weighted by Gasteiger charge is -2.02. The summed E-state index contributed by atoms with van der Waals surface area (Å²) < 4.78 is 5.62. The molecule has 0 spiro atoms. The Morgan fingerprint density at radius 3 is 2.47 bits per heavy atom. The number of anilines is 1. The Labute approximate surface area is 105 Å². The van der Waals surface area contributed by atoms with Crippen molar-refractivity contribution in [2.45, 2.75) is 27.1 Å². The van der Waals surface area contributed by atoms with Gasteiger partial charge in [-0.1, -0.05) is 12.1 Å². The Morgan fingerprint density at radius 2 is 1.88 bits per heavy atom. The van der Waals surface area contributed by atoms with E-state index in [4.69, 9.17) is 10.5 Å². The van der Waals surface area contributed by atoms with E-state index in [2.05, 4.69) is 11.9 Å². The fourth-order valence-corrected chi connectivity index (χ4v) is 2.34. The largest absolute Gasteiger partial charge is 0.399 e. The Morgan fingerprint density at radius 1 is 1.18 bits per heavy atom. The number of aromatic nitrogens is 1. The molecule has 17 heavy (non-hydrogen) atoms. The van der Waals surface area contributed by atoms with Crippen LogP contribution in [0.25, 0.3) is 0 Å². The second-order valence-corrected chi connectivity index (χ2v) is 5.27. The smallest absolute Gasteiger partial charge is 0.119 e. The molecule has 2 aromatic rings. The summed E-state index contributed by atoms with van der Waals surface area (Å²) in [6.45, 7) is 5.27. The van der Waals surface area contributed by atoms with E-state index in [1.165, 1.54) is 4.88 Å². The van der Waals surface area contributed by atoms with Crippen LogP contribution in [0.4, 0.5) is 5.69 Å². The highest BCUT2D eigenvalue weighted by Crippen LogP contribution is 2.17. The van der Waals surface area contributed by atoms with Crippen molar-refractivity contribution >= 4 is 17.0 Å². The van der Waals surface area contributed by atoms with Crippen molar-refractivity contribution in [1.82, 2.24) is 4.98 Å². The molecule has 0 aliphatic carbocycles. The molecule has 1 aromatic heterocycles. The van der Waals surface area contributed by atoms with Crippen molar-refractivity contribution in [3.05, 3.63) is 45.4 Å². The van der Waals surface area contributed by atoms with Gasteiger partial charge in [0.25, 0.3) is 0 Å². The number of hydrogen-bond donors (Lipinski definition) is 1. The SMILES string of the molecule is Cc1nc(COCc2ccc(N)cc2)sc1C. The monoisotopic (exact) mass is 248 g/mol. The maximum Gasteiger partial charge on any atom is 0.119 e. The van der Waals surface area contributed by atoms with Gasteiger partial charge in [0.15, 0.2) is 0 Å². The van der Waals surface area contributed by atoms with Crippen LogP contribution < -0.4 is 5.73 Å². The lowest BCUT2D eigenvalue weighted by Crippen LogP contribution is -1.94. The van der Waals surface area contributed by atoms with Crippen LogP contribution in [-0.4, -0.2) is 4.98 Å². The summed E-state index contributed by atoms with van der Waals surface area (Å²) >= 11 is 1.70. The van der Waals surface area contributed by atoms with Crippen LogP contribution in [-0.2, 0) is 18.0 Å². The first-order valence-electron chi connectivity index (χ1n) is 5.50. The van der Waals surface area contributed by atoms with Crippen molar-refractivity contribution in [1.29, 1.82) is 0 Å². The fraction of sp³-hybridized carbons (Fsp3) is 0.308. The Hall–Kier alpha value is -1.39. The third kappa shape index (κ3) is 3.28. The predicted octanol–water partition coefficient (Wildman–Crippen LogP) is 3.06. The normalized spacial score (nSPS) is 10.7. The number of rotatable bonds is 4. The maximum absolute atomic E-state index is 5.62. The highest BCUT2D eigenvalue weighted by Gasteiger charge is 2.03. The number of nitrogens with two attached hydrogens (primary N) is 1. The summed E-state index contributed by atoms with van der Waals surface area (Å²) in [6.07, 6.45) is 0. The highest BCUT2D eigenvalue weighted by atomic mass is 32.1. The van der Waals surface area contributed by atoms with Gasteiger partial charge in [0, 0.05) is 10.6 Å². The number of thiazole rings is 1. The molecule has 0 atom stereocenters. The molecule has 90 valence electrons. The van der Waals surface area contributed by atoms with Gasteiger partial charge in [0.2, 0.25) is 0 Å². The van der Waals surface area contributed by atoms with Crippen LogP contribution in [0.5, 0.6) is 0 Å². The summed E-state index contributed by atoms with van der Waals surface area (Å²) in [5.41, 5.74) is 8.62. The molecule has 3 nitrogen and oxygen atoms in total. The fourth-order valence-electron chi connectivity index (χ4n) is 1.47. The molecule has 0 aliphatic rings. The Bertz CT molecular complexity index is 471.